The van der Waals surface area contributed by atoms with Gasteiger partial charge in [0, 0.05) is 0 Å². The molecule has 0 atom stereocenters. The molecule has 154 valence electrons. The Morgan fingerprint density at radius 1 is 0.357 bits per heavy atom. The summed E-state index contributed by atoms with van der Waals surface area (Å²) in [5, 5.41) is 0. The summed E-state index contributed by atoms with van der Waals surface area (Å²) in [7, 11) is 0. The molecule has 0 bridgehead atoms. The Hall–Kier alpha value is -1.56. The normalized spacial score (nSPS) is 11.1. The van der Waals surface area contributed by atoms with Crippen molar-refractivity contribution in [3.8, 4) is 0 Å². The SMILES string of the molecule is Cc1cc(C)cc(CCCCCCCCCCCCc2cc(C)cc(C)c2)c1. The lowest BCUT2D eigenvalue weighted by Crippen LogP contribution is -1.90. The molecular formula is C28H42. The van der Waals surface area contributed by atoms with Crippen molar-refractivity contribution in [3.05, 3.63) is 69.8 Å². The van der Waals surface area contributed by atoms with Crippen LogP contribution in [0.5, 0.6) is 0 Å². The minimum absolute atomic E-state index is 1.25. The van der Waals surface area contributed by atoms with Crippen LogP contribution in [0.3, 0.4) is 0 Å². The van der Waals surface area contributed by atoms with Crippen molar-refractivity contribution in [2.45, 2.75) is 105 Å². The lowest BCUT2D eigenvalue weighted by molar-refractivity contribution is 0.551. The van der Waals surface area contributed by atoms with Crippen LogP contribution in [-0.4, -0.2) is 0 Å². The van der Waals surface area contributed by atoms with Gasteiger partial charge >= 0.3 is 0 Å². The molecule has 0 N–H and O–H groups in total. The monoisotopic (exact) mass is 378 g/mol. The van der Waals surface area contributed by atoms with Crippen LogP contribution < -0.4 is 0 Å². The second kappa shape index (κ2) is 12.8. The van der Waals surface area contributed by atoms with E-state index in [4.69, 9.17) is 0 Å². The first kappa shape index (κ1) is 22.7. The van der Waals surface area contributed by atoms with E-state index in [1.54, 1.807) is 0 Å². The lowest BCUT2D eigenvalue weighted by atomic mass is 10.00. The van der Waals surface area contributed by atoms with E-state index in [0.717, 1.165) is 0 Å². The predicted octanol–water partition coefficient (Wildman–Crippen LogP) is 8.61. The van der Waals surface area contributed by atoms with Crippen LogP contribution in [0.2, 0.25) is 0 Å². The maximum atomic E-state index is 2.35. The first-order valence-electron chi connectivity index (χ1n) is 11.7. The highest BCUT2D eigenvalue weighted by molar-refractivity contribution is 5.29. The molecule has 28 heavy (non-hydrogen) atoms. The fourth-order valence-corrected chi connectivity index (χ4v) is 4.50. The van der Waals surface area contributed by atoms with E-state index in [9.17, 15) is 0 Å². The minimum atomic E-state index is 1.25. The molecule has 0 aliphatic heterocycles. The second-order valence-corrected chi connectivity index (χ2v) is 9.03. The lowest BCUT2D eigenvalue weighted by Gasteiger charge is -2.06. The van der Waals surface area contributed by atoms with Crippen molar-refractivity contribution in [2.24, 2.45) is 0 Å². The number of aryl methyl sites for hydroxylation is 6. The predicted molar refractivity (Wildman–Crippen MR) is 125 cm³/mol. The van der Waals surface area contributed by atoms with Crippen LogP contribution in [0, 0.1) is 27.7 Å². The first-order chi connectivity index (χ1) is 13.5. The Bertz CT molecular complexity index is 593. The summed E-state index contributed by atoms with van der Waals surface area (Å²) >= 11 is 0. The van der Waals surface area contributed by atoms with Crippen LogP contribution in [-0.2, 0) is 12.8 Å². The van der Waals surface area contributed by atoms with E-state index in [1.807, 2.05) is 0 Å². The zero-order valence-electron chi connectivity index (χ0n) is 18.9. The van der Waals surface area contributed by atoms with Crippen molar-refractivity contribution in [1.82, 2.24) is 0 Å². The van der Waals surface area contributed by atoms with Gasteiger partial charge in [-0.3, -0.25) is 0 Å². The van der Waals surface area contributed by atoms with Gasteiger partial charge < -0.3 is 0 Å². The summed E-state index contributed by atoms with van der Waals surface area (Å²) in [4.78, 5) is 0. The molecule has 2 aromatic carbocycles. The molecule has 0 amide bonds. The van der Waals surface area contributed by atoms with Gasteiger partial charge in [-0.1, -0.05) is 110 Å². The van der Waals surface area contributed by atoms with Crippen molar-refractivity contribution < 1.29 is 0 Å². The van der Waals surface area contributed by atoms with Gasteiger partial charge in [-0.25, -0.2) is 0 Å². The molecule has 0 heteroatoms. The van der Waals surface area contributed by atoms with Crippen LogP contribution in [0.4, 0.5) is 0 Å². The third-order valence-electron chi connectivity index (χ3n) is 5.74. The molecule has 2 aromatic rings. The minimum Gasteiger partial charge on any atom is -0.0564 e. The third-order valence-corrected chi connectivity index (χ3v) is 5.74. The van der Waals surface area contributed by atoms with Gasteiger partial charge in [-0.2, -0.15) is 0 Å². The molecule has 0 fully saturated rings. The maximum Gasteiger partial charge on any atom is -0.0279 e. The van der Waals surface area contributed by atoms with E-state index in [0.29, 0.717) is 0 Å². The van der Waals surface area contributed by atoms with E-state index < -0.39 is 0 Å². The highest BCUT2D eigenvalue weighted by atomic mass is 14.0. The highest BCUT2D eigenvalue weighted by Crippen LogP contribution is 2.16. The molecule has 0 heterocycles. The van der Waals surface area contributed by atoms with Gasteiger partial charge in [-0.05, 0) is 64.5 Å². The highest BCUT2D eigenvalue weighted by Gasteiger charge is 1.99. The molecule has 0 aliphatic carbocycles. The number of hydrogen-bond donors (Lipinski definition) is 0. The van der Waals surface area contributed by atoms with Gasteiger partial charge in [0.2, 0.25) is 0 Å². The quantitative estimate of drug-likeness (QED) is 0.306. The number of benzene rings is 2. The Morgan fingerprint density at radius 2 is 0.607 bits per heavy atom. The van der Waals surface area contributed by atoms with Crippen LogP contribution in [0.15, 0.2) is 36.4 Å². The standard InChI is InChI=1S/C28H42/c1-23-17-24(2)20-27(19-23)15-13-11-9-7-5-6-8-10-12-14-16-28-21-25(3)18-26(4)22-28/h17-22H,5-16H2,1-4H3. The summed E-state index contributed by atoms with van der Waals surface area (Å²) < 4.78 is 0. The molecule has 0 unspecified atom stereocenters. The Morgan fingerprint density at radius 3 is 0.893 bits per heavy atom. The molecule has 0 radical (unpaired) electrons. The Kier molecular flexibility index (Phi) is 10.4. The molecule has 0 nitrogen and oxygen atoms in total. The molecule has 2 rings (SSSR count). The zero-order valence-corrected chi connectivity index (χ0v) is 18.9. The summed E-state index contributed by atoms with van der Waals surface area (Å²) in [6.45, 7) is 8.83. The van der Waals surface area contributed by atoms with E-state index in [1.165, 1.54) is 110 Å². The smallest absolute Gasteiger partial charge is 0.0279 e. The van der Waals surface area contributed by atoms with Gasteiger partial charge in [0.05, 0.1) is 0 Å². The summed E-state index contributed by atoms with van der Waals surface area (Å²) in [5.41, 5.74) is 8.68. The van der Waals surface area contributed by atoms with Gasteiger partial charge in [0.1, 0.15) is 0 Å². The summed E-state index contributed by atoms with van der Waals surface area (Å²) in [5.74, 6) is 0. The van der Waals surface area contributed by atoms with Crippen LogP contribution in [0.1, 0.15) is 97.6 Å². The van der Waals surface area contributed by atoms with Crippen molar-refractivity contribution in [3.63, 3.8) is 0 Å². The van der Waals surface area contributed by atoms with Gasteiger partial charge in [-0.15, -0.1) is 0 Å². The Labute approximate surface area is 174 Å². The second-order valence-electron chi connectivity index (χ2n) is 9.03. The number of hydrogen-bond acceptors (Lipinski definition) is 0. The van der Waals surface area contributed by atoms with Crippen LogP contribution >= 0.6 is 0 Å². The van der Waals surface area contributed by atoms with E-state index in [2.05, 4.69) is 64.1 Å². The first-order valence-corrected chi connectivity index (χ1v) is 11.7. The summed E-state index contributed by atoms with van der Waals surface area (Å²) in [6.07, 6.45) is 16.5. The fraction of sp³-hybridized carbons (Fsp3) is 0.571. The van der Waals surface area contributed by atoms with Gasteiger partial charge in [0.25, 0.3) is 0 Å². The van der Waals surface area contributed by atoms with Crippen molar-refractivity contribution >= 4 is 0 Å². The molecule has 0 aliphatic rings. The molecule has 0 saturated heterocycles. The average molecular weight is 379 g/mol. The zero-order chi connectivity index (χ0) is 20.2. The Balaban J connectivity index is 1.40. The topological polar surface area (TPSA) is 0 Å². The van der Waals surface area contributed by atoms with E-state index in [-0.39, 0.29) is 0 Å². The third kappa shape index (κ3) is 9.58. The number of unbranched alkanes of at least 4 members (excludes halogenated alkanes) is 9. The fourth-order valence-electron chi connectivity index (χ4n) is 4.50. The summed E-state index contributed by atoms with van der Waals surface area (Å²) in [6, 6.07) is 14.0. The molecule has 0 spiro atoms. The maximum absolute atomic E-state index is 2.35. The number of rotatable bonds is 13. The molecular weight excluding hydrogens is 336 g/mol. The van der Waals surface area contributed by atoms with Crippen LogP contribution in [0.25, 0.3) is 0 Å². The molecule has 0 aromatic heterocycles. The largest absolute Gasteiger partial charge is 0.0564 e. The average Bonchev–Trinajstić information content (AvgIpc) is 2.61. The van der Waals surface area contributed by atoms with Gasteiger partial charge in [0.15, 0.2) is 0 Å². The van der Waals surface area contributed by atoms with Crippen molar-refractivity contribution in [2.75, 3.05) is 0 Å². The molecule has 0 saturated carbocycles. The van der Waals surface area contributed by atoms with E-state index >= 15 is 0 Å². The van der Waals surface area contributed by atoms with Crippen molar-refractivity contribution in [1.29, 1.82) is 0 Å².